The molecule has 1 aromatic carbocycles. The van der Waals surface area contributed by atoms with Gasteiger partial charge >= 0.3 is 0 Å². The molecule has 1 aliphatic rings. The molecule has 3 aromatic heterocycles. The largest absolute Gasteiger partial charge is 0.494 e. The van der Waals surface area contributed by atoms with Crippen LogP contribution in [-0.2, 0) is 7.05 Å². The first kappa shape index (κ1) is 19.6. The number of fused-ring (bicyclic) bond motifs is 2. The predicted molar refractivity (Wildman–Crippen MR) is 120 cm³/mol. The number of likely N-dealkylation sites (tertiary alicyclic amines) is 1. The maximum atomic E-state index is 13.3. The lowest BCUT2D eigenvalue weighted by molar-refractivity contribution is 0.0671. The number of aryl methyl sites for hydroxylation is 1. The number of hydrogen-bond donors (Lipinski definition) is 0. The van der Waals surface area contributed by atoms with Crippen LogP contribution in [0.4, 0.5) is 0 Å². The van der Waals surface area contributed by atoms with E-state index in [0.29, 0.717) is 17.2 Å². The molecule has 160 valence electrons. The average Bonchev–Trinajstić information content (AvgIpc) is 3.39. The molecular weight excluding hydrogens is 390 g/mol. The molecule has 0 N–H and O–H groups in total. The molecule has 0 aliphatic carbocycles. The van der Waals surface area contributed by atoms with Crippen molar-refractivity contribution in [3.8, 4) is 17.3 Å². The highest BCUT2D eigenvalue weighted by molar-refractivity contribution is 6.00. The second-order valence-corrected chi connectivity index (χ2v) is 8.30. The van der Waals surface area contributed by atoms with Gasteiger partial charge in [0.1, 0.15) is 22.6 Å². The van der Waals surface area contributed by atoms with E-state index >= 15 is 0 Å². The Morgan fingerprint density at radius 2 is 2.13 bits per heavy atom. The minimum absolute atomic E-state index is 0.0540. The maximum Gasteiger partial charge on any atom is 0.254 e. The third-order valence-corrected chi connectivity index (χ3v) is 6.38. The van der Waals surface area contributed by atoms with E-state index in [-0.39, 0.29) is 5.91 Å². The Bertz CT molecular complexity index is 1240. The summed E-state index contributed by atoms with van der Waals surface area (Å²) in [7, 11) is 3.59. The SMILES string of the molecule is CC[C@@H]1CCCN(C(=O)c2cc(OC)c3c(c2)nc(-c2cn4ccccc4n2)n3C)C1. The molecule has 0 unspecified atom stereocenters. The van der Waals surface area contributed by atoms with Gasteiger partial charge in [-0.05, 0) is 43.0 Å². The second kappa shape index (κ2) is 7.72. The number of hydrogen-bond acceptors (Lipinski definition) is 4. The van der Waals surface area contributed by atoms with Crippen LogP contribution in [0.1, 0.15) is 36.5 Å². The van der Waals surface area contributed by atoms with Crippen LogP contribution in [0.5, 0.6) is 5.75 Å². The van der Waals surface area contributed by atoms with E-state index < -0.39 is 0 Å². The molecule has 1 aliphatic heterocycles. The van der Waals surface area contributed by atoms with Gasteiger partial charge in [0.2, 0.25) is 0 Å². The molecule has 7 heteroatoms. The first-order chi connectivity index (χ1) is 15.1. The summed E-state index contributed by atoms with van der Waals surface area (Å²) in [4.78, 5) is 24.8. The van der Waals surface area contributed by atoms with Crippen LogP contribution in [0.15, 0.2) is 42.7 Å². The van der Waals surface area contributed by atoms with Crippen molar-refractivity contribution in [2.45, 2.75) is 26.2 Å². The molecule has 1 fully saturated rings. The Hall–Kier alpha value is -3.35. The van der Waals surface area contributed by atoms with Gasteiger partial charge in [-0.2, -0.15) is 0 Å². The highest BCUT2D eigenvalue weighted by atomic mass is 16.5. The van der Waals surface area contributed by atoms with Crippen LogP contribution in [0, 0.1) is 5.92 Å². The number of aromatic nitrogens is 4. The topological polar surface area (TPSA) is 64.7 Å². The molecule has 31 heavy (non-hydrogen) atoms. The van der Waals surface area contributed by atoms with E-state index in [2.05, 4.69) is 6.92 Å². The minimum Gasteiger partial charge on any atom is -0.494 e. The first-order valence-corrected chi connectivity index (χ1v) is 10.9. The summed E-state index contributed by atoms with van der Waals surface area (Å²) in [5, 5.41) is 0. The van der Waals surface area contributed by atoms with Crippen LogP contribution in [-0.4, -0.2) is 49.9 Å². The number of methoxy groups -OCH3 is 1. The zero-order chi connectivity index (χ0) is 21.5. The Balaban J connectivity index is 1.57. The number of pyridine rings is 1. The number of piperidine rings is 1. The van der Waals surface area contributed by atoms with Gasteiger partial charge in [-0.1, -0.05) is 19.4 Å². The van der Waals surface area contributed by atoms with Crippen LogP contribution in [0.2, 0.25) is 0 Å². The number of ether oxygens (including phenoxy) is 1. The molecule has 4 heterocycles. The van der Waals surface area contributed by atoms with Crippen molar-refractivity contribution in [2.75, 3.05) is 20.2 Å². The molecule has 1 saturated heterocycles. The monoisotopic (exact) mass is 417 g/mol. The van der Waals surface area contributed by atoms with E-state index in [4.69, 9.17) is 14.7 Å². The standard InChI is InChI=1S/C24H27N5O2/c1-4-16-8-7-11-29(14-16)24(30)17-12-18-22(20(13-17)31-3)27(2)23(26-18)19-15-28-10-6-5-9-21(28)25-19/h5-6,9-10,12-13,15-16H,4,7-8,11,14H2,1-3H3/t16-/m1/s1. The summed E-state index contributed by atoms with van der Waals surface area (Å²) in [5.41, 5.74) is 3.86. The maximum absolute atomic E-state index is 13.3. The zero-order valence-corrected chi connectivity index (χ0v) is 18.2. The Kier molecular flexibility index (Phi) is 4.88. The van der Waals surface area contributed by atoms with E-state index in [9.17, 15) is 4.79 Å². The molecular formula is C24H27N5O2. The van der Waals surface area contributed by atoms with E-state index in [1.807, 2.05) is 63.6 Å². The molecule has 7 nitrogen and oxygen atoms in total. The number of carbonyl (C=O) groups excluding carboxylic acids is 1. The first-order valence-electron chi connectivity index (χ1n) is 10.9. The zero-order valence-electron chi connectivity index (χ0n) is 18.2. The minimum atomic E-state index is 0.0540. The molecule has 0 bridgehead atoms. The summed E-state index contributed by atoms with van der Waals surface area (Å²) < 4.78 is 9.64. The fraction of sp³-hybridized carbons (Fsp3) is 0.375. The Labute approximate surface area is 181 Å². The van der Waals surface area contributed by atoms with Crippen molar-refractivity contribution in [3.05, 3.63) is 48.3 Å². The van der Waals surface area contributed by atoms with Crippen LogP contribution >= 0.6 is 0 Å². The highest BCUT2D eigenvalue weighted by Crippen LogP contribution is 2.32. The highest BCUT2D eigenvalue weighted by Gasteiger charge is 2.25. The lowest BCUT2D eigenvalue weighted by Gasteiger charge is -2.32. The average molecular weight is 418 g/mol. The lowest BCUT2D eigenvalue weighted by atomic mass is 9.95. The smallest absolute Gasteiger partial charge is 0.254 e. The molecule has 0 saturated carbocycles. The Morgan fingerprint density at radius 3 is 2.90 bits per heavy atom. The quantitative estimate of drug-likeness (QED) is 0.500. The van der Waals surface area contributed by atoms with Crippen LogP contribution in [0.3, 0.4) is 0 Å². The van der Waals surface area contributed by atoms with Crippen molar-refractivity contribution in [1.29, 1.82) is 0 Å². The van der Waals surface area contributed by atoms with E-state index in [0.717, 1.165) is 54.1 Å². The normalized spacial score (nSPS) is 16.9. The summed E-state index contributed by atoms with van der Waals surface area (Å²) in [6.45, 7) is 3.83. The van der Waals surface area contributed by atoms with E-state index in [1.165, 1.54) is 6.42 Å². The van der Waals surface area contributed by atoms with Gasteiger partial charge in [-0.25, -0.2) is 9.97 Å². The number of benzene rings is 1. The number of amides is 1. The van der Waals surface area contributed by atoms with Crippen molar-refractivity contribution in [1.82, 2.24) is 23.8 Å². The fourth-order valence-corrected chi connectivity index (χ4v) is 4.63. The number of nitrogens with zero attached hydrogens (tertiary/aromatic N) is 5. The van der Waals surface area contributed by atoms with Crippen molar-refractivity contribution >= 4 is 22.6 Å². The summed E-state index contributed by atoms with van der Waals surface area (Å²) in [6, 6.07) is 9.62. The van der Waals surface area contributed by atoms with Crippen molar-refractivity contribution in [3.63, 3.8) is 0 Å². The van der Waals surface area contributed by atoms with Crippen molar-refractivity contribution in [2.24, 2.45) is 13.0 Å². The molecule has 4 aromatic rings. The van der Waals surface area contributed by atoms with Gasteiger partial charge in [0.15, 0.2) is 5.82 Å². The third-order valence-electron chi connectivity index (χ3n) is 6.38. The van der Waals surface area contributed by atoms with Crippen molar-refractivity contribution < 1.29 is 9.53 Å². The van der Waals surface area contributed by atoms with Crippen LogP contribution < -0.4 is 4.74 Å². The number of imidazole rings is 2. The predicted octanol–water partition coefficient (Wildman–Crippen LogP) is 4.16. The molecule has 5 rings (SSSR count). The van der Waals surface area contributed by atoms with Gasteiger partial charge in [-0.15, -0.1) is 0 Å². The summed E-state index contributed by atoms with van der Waals surface area (Å²) in [5.74, 6) is 2.03. The molecule has 1 amide bonds. The van der Waals surface area contributed by atoms with Gasteiger partial charge in [-0.3, -0.25) is 4.79 Å². The van der Waals surface area contributed by atoms with Gasteiger partial charge in [0.05, 0.1) is 12.6 Å². The fourth-order valence-electron chi connectivity index (χ4n) is 4.63. The third kappa shape index (κ3) is 3.34. The summed E-state index contributed by atoms with van der Waals surface area (Å²) >= 11 is 0. The van der Waals surface area contributed by atoms with Gasteiger partial charge < -0.3 is 18.6 Å². The van der Waals surface area contributed by atoms with Crippen LogP contribution in [0.25, 0.3) is 28.2 Å². The second-order valence-electron chi connectivity index (χ2n) is 8.30. The molecule has 0 spiro atoms. The number of rotatable bonds is 4. The Morgan fingerprint density at radius 1 is 1.26 bits per heavy atom. The van der Waals surface area contributed by atoms with Gasteiger partial charge in [0, 0.05) is 38.1 Å². The number of carbonyl (C=O) groups is 1. The molecule has 1 atom stereocenters. The molecule has 0 radical (unpaired) electrons. The van der Waals surface area contributed by atoms with Gasteiger partial charge in [0.25, 0.3) is 5.91 Å². The lowest BCUT2D eigenvalue weighted by Crippen LogP contribution is -2.39. The van der Waals surface area contributed by atoms with E-state index in [1.54, 1.807) is 7.11 Å². The summed E-state index contributed by atoms with van der Waals surface area (Å²) in [6.07, 6.45) is 7.30.